The second-order valence-corrected chi connectivity index (χ2v) is 2.86. The number of aldehydes is 1. The van der Waals surface area contributed by atoms with E-state index < -0.39 is 0 Å². The molecule has 1 fully saturated rings. The molecule has 1 aliphatic rings. The Morgan fingerprint density at radius 1 is 1.40 bits per heavy atom. The van der Waals surface area contributed by atoms with Crippen LogP contribution in [0.3, 0.4) is 0 Å². The molecule has 0 amide bonds. The van der Waals surface area contributed by atoms with Gasteiger partial charge in [0.1, 0.15) is 6.29 Å². The summed E-state index contributed by atoms with van der Waals surface area (Å²) < 4.78 is 5.16. The fourth-order valence-electron chi connectivity index (χ4n) is 1.57. The minimum Gasteiger partial charge on any atom is -0.381 e. The molecule has 0 aromatic heterocycles. The van der Waals surface area contributed by atoms with E-state index in [-0.39, 0.29) is 12.0 Å². The highest BCUT2D eigenvalue weighted by molar-refractivity contribution is 5.54. The third-order valence-electron chi connectivity index (χ3n) is 2.23. The predicted molar refractivity (Wildman–Crippen MR) is 38.8 cm³/mol. The van der Waals surface area contributed by atoms with Gasteiger partial charge in [-0.1, -0.05) is 12.8 Å². The smallest absolute Gasteiger partial charge is 0.125 e. The topological polar surface area (TPSA) is 26.3 Å². The molecular weight excluding hydrogens is 128 g/mol. The number of ether oxygens (including phenoxy) is 1. The van der Waals surface area contributed by atoms with E-state index in [0.29, 0.717) is 0 Å². The van der Waals surface area contributed by atoms with E-state index in [1.807, 2.05) is 0 Å². The highest BCUT2D eigenvalue weighted by atomic mass is 16.5. The quantitative estimate of drug-likeness (QED) is 0.544. The zero-order valence-electron chi connectivity index (χ0n) is 6.38. The van der Waals surface area contributed by atoms with Gasteiger partial charge in [0, 0.05) is 13.0 Å². The standard InChI is InChI=1S/C8H14O2/c1-10-8-5-3-2-4-7(8)6-9/h6-8H,2-5H2,1H3/t7-,8+/m0/s1. The second-order valence-electron chi connectivity index (χ2n) is 2.86. The molecule has 0 spiro atoms. The third-order valence-corrected chi connectivity index (χ3v) is 2.23. The van der Waals surface area contributed by atoms with E-state index in [1.54, 1.807) is 7.11 Å². The van der Waals surface area contributed by atoms with Crippen molar-refractivity contribution in [1.82, 2.24) is 0 Å². The number of carbonyl (C=O) groups is 1. The molecule has 2 heteroatoms. The van der Waals surface area contributed by atoms with Crippen molar-refractivity contribution in [3.8, 4) is 0 Å². The minimum absolute atomic E-state index is 0.166. The minimum atomic E-state index is 0.166. The monoisotopic (exact) mass is 142 g/mol. The second kappa shape index (κ2) is 3.71. The van der Waals surface area contributed by atoms with E-state index in [2.05, 4.69) is 0 Å². The van der Waals surface area contributed by atoms with E-state index in [0.717, 1.165) is 19.1 Å². The highest BCUT2D eigenvalue weighted by Gasteiger charge is 2.23. The Morgan fingerprint density at radius 2 is 2.10 bits per heavy atom. The van der Waals surface area contributed by atoms with Crippen molar-refractivity contribution in [2.24, 2.45) is 5.92 Å². The molecule has 1 rings (SSSR count). The van der Waals surface area contributed by atoms with Gasteiger partial charge in [0.15, 0.2) is 0 Å². The van der Waals surface area contributed by atoms with Gasteiger partial charge in [0.25, 0.3) is 0 Å². The lowest BCUT2D eigenvalue weighted by Gasteiger charge is -2.25. The average molecular weight is 142 g/mol. The molecule has 0 radical (unpaired) electrons. The van der Waals surface area contributed by atoms with Crippen LogP contribution in [0.4, 0.5) is 0 Å². The maximum atomic E-state index is 10.4. The normalized spacial score (nSPS) is 33.7. The van der Waals surface area contributed by atoms with Crippen molar-refractivity contribution < 1.29 is 9.53 Å². The van der Waals surface area contributed by atoms with Crippen molar-refractivity contribution in [3.63, 3.8) is 0 Å². The fraction of sp³-hybridized carbons (Fsp3) is 0.875. The molecule has 1 aliphatic carbocycles. The zero-order chi connectivity index (χ0) is 7.40. The van der Waals surface area contributed by atoms with Gasteiger partial charge in [-0.05, 0) is 12.8 Å². The van der Waals surface area contributed by atoms with Crippen molar-refractivity contribution in [2.75, 3.05) is 7.11 Å². The van der Waals surface area contributed by atoms with E-state index in [4.69, 9.17) is 4.74 Å². The molecule has 2 nitrogen and oxygen atoms in total. The summed E-state index contributed by atoms with van der Waals surface area (Å²) in [5.74, 6) is 0.166. The summed E-state index contributed by atoms with van der Waals surface area (Å²) in [5, 5.41) is 0. The number of rotatable bonds is 2. The maximum Gasteiger partial charge on any atom is 0.125 e. The van der Waals surface area contributed by atoms with Crippen molar-refractivity contribution >= 4 is 6.29 Å². The molecule has 10 heavy (non-hydrogen) atoms. The van der Waals surface area contributed by atoms with Crippen LogP contribution >= 0.6 is 0 Å². The summed E-state index contributed by atoms with van der Waals surface area (Å²) >= 11 is 0. The van der Waals surface area contributed by atoms with Gasteiger partial charge < -0.3 is 9.53 Å². The van der Waals surface area contributed by atoms with Crippen molar-refractivity contribution in [1.29, 1.82) is 0 Å². The van der Waals surface area contributed by atoms with Crippen molar-refractivity contribution in [2.45, 2.75) is 31.8 Å². The van der Waals surface area contributed by atoms with Crippen LogP contribution in [-0.2, 0) is 9.53 Å². The first-order valence-electron chi connectivity index (χ1n) is 3.86. The Bertz CT molecular complexity index is 112. The molecule has 0 N–H and O–H groups in total. The largest absolute Gasteiger partial charge is 0.381 e. The number of carbonyl (C=O) groups excluding carboxylic acids is 1. The van der Waals surface area contributed by atoms with Crippen molar-refractivity contribution in [3.05, 3.63) is 0 Å². The fourth-order valence-corrected chi connectivity index (χ4v) is 1.57. The molecule has 2 atom stereocenters. The van der Waals surface area contributed by atoms with Gasteiger partial charge in [-0.25, -0.2) is 0 Å². The Balaban J connectivity index is 2.41. The van der Waals surface area contributed by atoms with E-state index in [1.165, 1.54) is 12.8 Å². The molecule has 0 heterocycles. The molecule has 0 saturated heterocycles. The third kappa shape index (κ3) is 1.57. The van der Waals surface area contributed by atoms with E-state index in [9.17, 15) is 4.79 Å². The average Bonchev–Trinajstić information content (AvgIpc) is 2.04. The zero-order valence-corrected chi connectivity index (χ0v) is 6.38. The van der Waals surface area contributed by atoms with Crippen LogP contribution in [0.25, 0.3) is 0 Å². The van der Waals surface area contributed by atoms with Gasteiger partial charge in [-0.3, -0.25) is 0 Å². The molecular formula is C8H14O2. The number of methoxy groups -OCH3 is 1. The Kier molecular flexibility index (Phi) is 2.87. The predicted octanol–water partition coefficient (Wildman–Crippen LogP) is 1.39. The molecule has 58 valence electrons. The van der Waals surface area contributed by atoms with Gasteiger partial charge in [0.05, 0.1) is 6.10 Å². The summed E-state index contributed by atoms with van der Waals surface area (Å²) in [7, 11) is 1.69. The summed E-state index contributed by atoms with van der Waals surface area (Å²) in [5.41, 5.74) is 0. The molecule has 0 aromatic carbocycles. The summed E-state index contributed by atoms with van der Waals surface area (Å²) in [4.78, 5) is 10.4. The lowest BCUT2D eigenvalue weighted by atomic mass is 9.87. The van der Waals surface area contributed by atoms with Crippen LogP contribution in [0.2, 0.25) is 0 Å². The SMILES string of the molecule is CO[C@@H]1CCCC[C@H]1C=O. The Hall–Kier alpha value is -0.370. The molecule has 0 bridgehead atoms. The van der Waals surface area contributed by atoms with Gasteiger partial charge in [-0.15, -0.1) is 0 Å². The van der Waals surface area contributed by atoms with Crippen LogP contribution < -0.4 is 0 Å². The van der Waals surface area contributed by atoms with Crippen LogP contribution in [0.1, 0.15) is 25.7 Å². The molecule has 0 aliphatic heterocycles. The first-order chi connectivity index (χ1) is 4.88. The lowest BCUT2D eigenvalue weighted by Crippen LogP contribution is -2.27. The van der Waals surface area contributed by atoms with Crippen LogP contribution in [0, 0.1) is 5.92 Å². The lowest BCUT2D eigenvalue weighted by molar-refractivity contribution is -0.116. The van der Waals surface area contributed by atoms with Crippen LogP contribution in [0.15, 0.2) is 0 Å². The summed E-state index contributed by atoms with van der Waals surface area (Å²) in [6, 6.07) is 0. The first kappa shape index (κ1) is 7.73. The number of hydrogen-bond acceptors (Lipinski definition) is 2. The van der Waals surface area contributed by atoms with Gasteiger partial charge >= 0.3 is 0 Å². The molecule has 1 saturated carbocycles. The van der Waals surface area contributed by atoms with Gasteiger partial charge in [0.2, 0.25) is 0 Å². The Morgan fingerprint density at radius 3 is 2.60 bits per heavy atom. The molecule has 0 unspecified atom stereocenters. The van der Waals surface area contributed by atoms with Crippen LogP contribution in [0.5, 0.6) is 0 Å². The van der Waals surface area contributed by atoms with E-state index >= 15 is 0 Å². The molecule has 0 aromatic rings. The van der Waals surface area contributed by atoms with Crippen LogP contribution in [-0.4, -0.2) is 19.5 Å². The van der Waals surface area contributed by atoms with Gasteiger partial charge in [-0.2, -0.15) is 0 Å². The summed E-state index contributed by atoms with van der Waals surface area (Å²) in [6.07, 6.45) is 5.70. The first-order valence-corrected chi connectivity index (χ1v) is 3.86. The number of hydrogen-bond donors (Lipinski definition) is 0. The Labute approximate surface area is 61.6 Å². The maximum absolute atomic E-state index is 10.4. The highest BCUT2D eigenvalue weighted by Crippen LogP contribution is 2.24. The summed E-state index contributed by atoms with van der Waals surface area (Å²) in [6.45, 7) is 0.